The molecule has 13 heteroatoms. The first-order valence-corrected chi connectivity index (χ1v) is 13.6. The summed E-state index contributed by atoms with van der Waals surface area (Å²) >= 11 is 0. The van der Waals surface area contributed by atoms with Gasteiger partial charge in [-0.1, -0.05) is 0 Å². The molecule has 41 heavy (non-hydrogen) atoms. The minimum atomic E-state index is -3.25. The highest BCUT2D eigenvalue weighted by molar-refractivity contribution is 7.74. The molecule has 11 nitrogen and oxygen atoms in total. The second-order valence-corrected chi connectivity index (χ2v) is 10.4. The number of amides is 1. The lowest BCUT2D eigenvalue weighted by molar-refractivity contribution is -0.385. The second-order valence-electron chi connectivity index (χ2n) is 9.46. The van der Waals surface area contributed by atoms with Crippen LogP contribution in [-0.2, 0) is 22.2 Å². The van der Waals surface area contributed by atoms with Gasteiger partial charge in [-0.15, -0.1) is 0 Å². The highest BCUT2D eigenvalue weighted by Gasteiger charge is 2.31. The fraction of sp³-hybridized carbons (Fsp3) is 0.214. The number of nitrogens with one attached hydrogen (secondary N) is 1. The molecule has 1 fully saturated rings. The quantitative estimate of drug-likeness (QED) is 0.125. The molecule has 212 valence electrons. The molecule has 0 unspecified atom stereocenters. The SMILES string of the molecule is CNC(=O)c1c(-c2ccc(F)cc2)oc2cc(CN(c3ccc([N+](=O)[O-])c(C(=O)OC)c3)[SH](=O)=O)c(C3CC3)cc12. The van der Waals surface area contributed by atoms with Crippen LogP contribution in [0.15, 0.2) is 59.0 Å². The summed E-state index contributed by atoms with van der Waals surface area (Å²) in [6, 6.07) is 12.4. The molecule has 1 aliphatic carbocycles. The van der Waals surface area contributed by atoms with Crippen molar-refractivity contribution in [1.82, 2.24) is 5.32 Å². The summed E-state index contributed by atoms with van der Waals surface area (Å²) in [5.41, 5.74) is 1.63. The highest BCUT2D eigenvalue weighted by atomic mass is 32.2. The van der Waals surface area contributed by atoms with E-state index in [0.29, 0.717) is 22.1 Å². The Morgan fingerprint density at radius 3 is 2.44 bits per heavy atom. The van der Waals surface area contributed by atoms with Crippen molar-refractivity contribution in [3.05, 3.63) is 92.8 Å². The zero-order valence-electron chi connectivity index (χ0n) is 21.9. The first kappa shape index (κ1) is 27.8. The number of nitro benzene ring substituents is 1. The van der Waals surface area contributed by atoms with Crippen molar-refractivity contribution in [2.24, 2.45) is 0 Å². The van der Waals surface area contributed by atoms with Gasteiger partial charge in [-0.3, -0.25) is 19.2 Å². The minimum absolute atomic E-state index is 0.0338. The summed E-state index contributed by atoms with van der Waals surface area (Å²) in [5.74, 6) is -1.46. The summed E-state index contributed by atoms with van der Waals surface area (Å²) in [7, 11) is -0.696. The molecule has 1 N–H and O–H groups in total. The number of anilines is 1. The molecule has 4 aromatic rings. The van der Waals surface area contributed by atoms with E-state index in [2.05, 4.69) is 10.1 Å². The molecule has 5 rings (SSSR count). The van der Waals surface area contributed by atoms with E-state index in [1.807, 2.05) is 6.07 Å². The van der Waals surface area contributed by atoms with Gasteiger partial charge >= 0.3 is 5.97 Å². The molecule has 0 saturated heterocycles. The van der Waals surface area contributed by atoms with E-state index in [0.717, 1.165) is 42.0 Å². The van der Waals surface area contributed by atoms with Gasteiger partial charge in [-0.05, 0) is 78.4 Å². The van der Waals surface area contributed by atoms with Crippen LogP contribution in [0.2, 0.25) is 0 Å². The molecular weight excluding hydrogens is 557 g/mol. The number of carbonyl (C=O) groups is 2. The van der Waals surface area contributed by atoms with Crippen molar-refractivity contribution < 1.29 is 36.5 Å². The van der Waals surface area contributed by atoms with Crippen molar-refractivity contribution in [3.63, 3.8) is 0 Å². The Bertz CT molecular complexity index is 1770. The molecule has 0 aliphatic heterocycles. The maximum atomic E-state index is 13.6. The van der Waals surface area contributed by atoms with E-state index >= 15 is 0 Å². The average molecular weight is 582 g/mol. The van der Waals surface area contributed by atoms with Crippen LogP contribution < -0.4 is 9.62 Å². The number of esters is 1. The first-order chi connectivity index (χ1) is 19.6. The standard InChI is InChI=1S/C28H24FN3O8S/c1-30-27(33)25-22-13-20(15-3-4-15)17(11-24(22)40-26(25)16-5-7-18(29)8-6-16)14-31(41(37)38)19-9-10-23(32(35)36)21(12-19)28(34)39-2/h5-13,15,41H,3-4,14H2,1-2H3,(H,30,33). The third-order valence-corrected chi connectivity index (χ3v) is 7.69. The molecule has 0 atom stereocenters. The molecule has 0 radical (unpaired) electrons. The van der Waals surface area contributed by atoms with Crippen LogP contribution in [0.1, 0.15) is 50.6 Å². The largest absolute Gasteiger partial charge is 0.465 e. The Morgan fingerprint density at radius 2 is 1.85 bits per heavy atom. The number of methoxy groups -OCH3 is 1. The fourth-order valence-electron chi connectivity index (χ4n) is 4.79. The minimum Gasteiger partial charge on any atom is -0.465 e. The number of carbonyl (C=O) groups excluding carboxylic acids is 2. The Balaban J connectivity index is 1.64. The van der Waals surface area contributed by atoms with Crippen molar-refractivity contribution in [1.29, 1.82) is 0 Å². The van der Waals surface area contributed by atoms with E-state index in [1.165, 1.54) is 37.4 Å². The normalized spacial score (nSPS) is 12.9. The van der Waals surface area contributed by atoms with Gasteiger partial charge in [0.2, 0.25) is 10.9 Å². The number of rotatable bonds is 9. The highest BCUT2D eigenvalue weighted by Crippen LogP contribution is 2.45. The summed E-state index contributed by atoms with van der Waals surface area (Å²) in [4.78, 5) is 35.9. The maximum absolute atomic E-state index is 13.6. The zero-order chi connectivity index (χ0) is 29.4. The van der Waals surface area contributed by atoms with Gasteiger partial charge in [0.25, 0.3) is 11.6 Å². The van der Waals surface area contributed by atoms with Crippen LogP contribution in [0, 0.1) is 15.9 Å². The Hall–Kier alpha value is -4.78. The van der Waals surface area contributed by atoms with Crippen molar-refractivity contribution in [2.45, 2.75) is 25.3 Å². The number of hydrogen-bond donors (Lipinski definition) is 2. The lowest BCUT2D eigenvalue weighted by Gasteiger charge is -2.20. The van der Waals surface area contributed by atoms with Crippen LogP contribution in [0.25, 0.3) is 22.3 Å². The van der Waals surface area contributed by atoms with Gasteiger partial charge < -0.3 is 14.5 Å². The van der Waals surface area contributed by atoms with Gasteiger partial charge in [-0.2, -0.15) is 0 Å². The van der Waals surface area contributed by atoms with Crippen LogP contribution in [0.5, 0.6) is 0 Å². The third-order valence-electron chi connectivity index (χ3n) is 6.92. The van der Waals surface area contributed by atoms with Gasteiger partial charge in [0.05, 0.1) is 29.8 Å². The number of fused-ring (bicyclic) bond motifs is 1. The zero-order valence-corrected chi connectivity index (χ0v) is 22.8. The van der Waals surface area contributed by atoms with E-state index < -0.39 is 39.2 Å². The number of furan rings is 1. The molecule has 1 heterocycles. The third kappa shape index (κ3) is 5.35. The number of thiol groups is 1. The van der Waals surface area contributed by atoms with E-state index in [-0.39, 0.29) is 35.0 Å². The van der Waals surface area contributed by atoms with E-state index in [9.17, 15) is 32.5 Å². The lowest BCUT2D eigenvalue weighted by atomic mass is 9.97. The number of hydrogen-bond acceptors (Lipinski definition) is 8. The molecule has 1 saturated carbocycles. The Morgan fingerprint density at radius 1 is 1.15 bits per heavy atom. The molecule has 1 amide bonds. The van der Waals surface area contributed by atoms with Crippen LogP contribution in [0.4, 0.5) is 15.8 Å². The monoisotopic (exact) mass is 581 g/mol. The molecule has 0 bridgehead atoms. The van der Waals surface area contributed by atoms with Gasteiger partial charge in [-0.25, -0.2) is 17.6 Å². The number of ether oxygens (including phenoxy) is 1. The Labute approximate surface area is 234 Å². The van der Waals surface area contributed by atoms with Gasteiger partial charge in [0.1, 0.15) is 22.7 Å². The maximum Gasteiger partial charge on any atom is 0.344 e. The Kier molecular flexibility index (Phi) is 7.45. The smallest absolute Gasteiger partial charge is 0.344 e. The predicted octanol–water partition coefficient (Wildman–Crippen LogP) is 4.70. The summed E-state index contributed by atoms with van der Waals surface area (Å²) < 4.78 is 50.2. The molecule has 1 aliphatic rings. The average Bonchev–Trinajstić information content (AvgIpc) is 3.74. The van der Waals surface area contributed by atoms with Crippen molar-refractivity contribution >= 4 is 45.1 Å². The number of nitrogens with zero attached hydrogens (tertiary/aromatic N) is 2. The van der Waals surface area contributed by atoms with Crippen LogP contribution in [0.3, 0.4) is 0 Å². The molecule has 1 aromatic heterocycles. The van der Waals surface area contributed by atoms with Crippen LogP contribution in [-0.4, -0.2) is 39.4 Å². The molecule has 0 spiro atoms. The summed E-state index contributed by atoms with van der Waals surface area (Å²) in [6.45, 7) is -0.166. The lowest BCUT2D eigenvalue weighted by Crippen LogP contribution is -2.22. The fourth-order valence-corrected chi connectivity index (χ4v) is 5.37. The number of nitro groups is 1. The van der Waals surface area contributed by atoms with Crippen molar-refractivity contribution in [3.8, 4) is 11.3 Å². The van der Waals surface area contributed by atoms with Crippen molar-refractivity contribution in [2.75, 3.05) is 18.5 Å². The molecule has 3 aromatic carbocycles. The van der Waals surface area contributed by atoms with E-state index in [1.54, 1.807) is 6.07 Å². The van der Waals surface area contributed by atoms with Crippen LogP contribution >= 0.6 is 0 Å². The first-order valence-electron chi connectivity index (χ1n) is 12.5. The van der Waals surface area contributed by atoms with Gasteiger partial charge in [0.15, 0.2) is 0 Å². The topological polar surface area (TPSA) is 149 Å². The molecular formula is C28H24FN3O8S. The number of benzene rings is 3. The summed E-state index contributed by atoms with van der Waals surface area (Å²) in [6.07, 6.45) is 1.73. The van der Waals surface area contributed by atoms with E-state index in [4.69, 9.17) is 4.42 Å². The van der Waals surface area contributed by atoms with Gasteiger partial charge in [0, 0.05) is 24.1 Å². The predicted molar refractivity (Wildman–Crippen MR) is 148 cm³/mol. The number of halogens is 1. The second kappa shape index (κ2) is 11.0. The summed E-state index contributed by atoms with van der Waals surface area (Å²) in [5, 5.41) is 14.6.